The molecule has 0 aliphatic heterocycles. The van der Waals surface area contributed by atoms with E-state index < -0.39 is 0 Å². The number of nitrogens with one attached hydrogen (secondary N) is 1. The molecule has 3 rings (SSSR count). The van der Waals surface area contributed by atoms with Crippen LogP contribution in [0.15, 0.2) is 40.9 Å². The summed E-state index contributed by atoms with van der Waals surface area (Å²) in [5, 5.41) is 6.29. The van der Waals surface area contributed by atoms with Crippen LogP contribution in [0, 0.1) is 0 Å². The predicted octanol–water partition coefficient (Wildman–Crippen LogP) is 4.96. The van der Waals surface area contributed by atoms with Gasteiger partial charge in [0.15, 0.2) is 0 Å². The molecule has 17 heavy (non-hydrogen) atoms. The van der Waals surface area contributed by atoms with Crippen LogP contribution in [-0.2, 0) is 0 Å². The summed E-state index contributed by atoms with van der Waals surface area (Å²) in [4.78, 5) is 0. The molecule has 1 nitrogen and oxygen atoms in total. The Morgan fingerprint density at radius 1 is 0.941 bits per heavy atom. The molecule has 2 heteroatoms. The Morgan fingerprint density at radius 2 is 1.65 bits per heavy atom. The van der Waals surface area contributed by atoms with Crippen molar-refractivity contribution in [1.29, 1.82) is 0 Å². The molecule has 0 bridgehead atoms. The van der Waals surface area contributed by atoms with E-state index in [9.17, 15) is 0 Å². The zero-order valence-corrected chi connectivity index (χ0v) is 11.3. The first-order chi connectivity index (χ1) is 8.34. The summed E-state index contributed by atoms with van der Waals surface area (Å²) in [6.07, 6.45) is 5.35. The molecule has 1 aliphatic rings. The monoisotopic (exact) mass is 289 g/mol. The Bertz CT molecular complexity index is 529. The highest BCUT2D eigenvalue weighted by molar-refractivity contribution is 9.10. The van der Waals surface area contributed by atoms with Crippen LogP contribution in [0.25, 0.3) is 10.8 Å². The van der Waals surface area contributed by atoms with E-state index in [4.69, 9.17) is 0 Å². The Labute approximate surface area is 110 Å². The lowest BCUT2D eigenvalue weighted by Crippen LogP contribution is -2.14. The Kier molecular flexibility index (Phi) is 3.06. The molecular weight excluding hydrogens is 274 g/mol. The van der Waals surface area contributed by atoms with Crippen LogP contribution in [0.1, 0.15) is 25.7 Å². The molecule has 1 N–H and O–H groups in total. The maximum atomic E-state index is 3.69. The van der Waals surface area contributed by atoms with Crippen molar-refractivity contribution in [2.75, 3.05) is 5.32 Å². The SMILES string of the molecule is Brc1ccc(NC2CCCC2)c2ccccc12. The molecule has 1 aliphatic carbocycles. The molecule has 88 valence electrons. The van der Waals surface area contributed by atoms with Crippen LogP contribution in [0.3, 0.4) is 0 Å². The van der Waals surface area contributed by atoms with Gasteiger partial charge in [0.1, 0.15) is 0 Å². The quantitative estimate of drug-likeness (QED) is 0.824. The number of rotatable bonds is 2. The summed E-state index contributed by atoms with van der Waals surface area (Å²) in [6.45, 7) is 0. The zero-order valence-electron chi connectivity index (χ0n) is 9.75. The van der Waals surface area contributed by atoms with Gasteiger partial charge in [-0.1, -0.05) is 53.0 Å². The van der Waals surface area contributed by atoms with E-state index in [0.29, 0.717) is 6.04 Å². The van der Waals surface area contributed by atoms with Crippen molar-refractivity contribution in [3.05, 3.63) is 40.9 Å². The van der Waals surface area contributed by atoms with Crippen LogP contribution in [-0.4, -0.2) is 6.04 Å². The van der Waals surface area contributed by atoms with E-state index in [1.807, 2.05) is 0 Å². The van der Waals surface area contributed by atoms with Gasteiger partial charge in [-0.05, 0) is 30.4 Å². The second-order valence-electron chi connectivity index (χ2n) is 4.77. The van der Waals surface area contributed by atoms with Crippen LogP contribution in [0.2, 0.25) is 0 Å². The molecule has 0 saturated heterocycles. The van der Waals surface area contributed by atoms with E-state index in [0.717, 1.165) is 0 Å². The summed E-state index contributed by atoms with van der Waals surface area (Å²) >= 11 is 3.62. The first-order valence-corrected chi connectivity index (χ1v) is 7.08. The van der Waals surface area contributed by atoms with Crippen molar-refractivity contribution in [1.82, 2.24) is 0 Å². The average molecular weight is 290 g/mol. The van der Waals surface area contributed by atoms with Crippen molar-refractivity contribution < 1.29 is 0 Å². The number of hydrogen-bond acceptors (Lipinski definition) is 1. The van der Waals surface area contributed by atoms with Gasteiger partial charge in [0.2, 0.25) is 0 Å². The molecule has 0 radical (unpaired) electrons. The van der Waals surface area contributed by atoms with Crippen LogP contribution < -0.4 is 5.32 Å². The first kappa shape index (κ1) is 11.1. The van der Waals surface area contributed by atoms with Crippen molar-refractivity contribution in [2.45, 2.75) is 31.7 Å². The molecule has 0 aromatic heterocycles. The standard InChI is InChI=1S/C15H16BrN/c16-14-9-10-15(17-11-5-1-2-6-11)13-8-4-3-7-12(13)14/h3-4,7-11,17H,1-2,5-6H2. The van der Waals surface area contributed by atoms with Crippen molar-refractivity contribution >= 4 is 32.4 Å². The third-order valence-electron chi connectivity index (χ3n) is 3.59. The van der Waals surface area contributed by atoms with E-state index in [1.54, 1.807) is 0 Å². The fourth-order valence-electron chi connectivity index (χ4n) is 2.68. The lowest BCUT2D eigenvalue weighted by Gasteiger charge is -2.16. The fraction of sp³-hybridized carbons (Fsp3) is 0.333. The van der Waals surface area contributed by atoms with Gasteiger partial charge in [-0.25, -0.2) is 0 Å². The van der Waals surface area contributed by atoms with Gasteiger partial charge in [0, 0.05) is 21.6 Å². The molecule has 1 fully saturated rings. The summed E-state index contributed by atoms with van der Waals surface area (Å²) in [7, 11) is 0. The van der Waals surface area contributed by atoms with Gasteiger partial charge in [-0.15, -0.1) is 0 Å². The summed E-state index contributed by atoms with van der Waals surface area (Å²) in [5.74, 6) is 0. The van der Waals surface area contributed by atoms with Gasteiger partial charge in [0.25, 0.3) is 0 Å². The van der Waals surface area contributed by atoms with Gasteiger partial charge in [-0.3, -0.25) is 0 Å². The summed E-state index contributed by atoms with van der Waals surface area (Å²) in [5.41, 5.74) is 1.27. The Hall–Kier alpha value is -1.02. The largest absolute Gasteiger partial charge is 0.382 e. The van der Waals surface area contributed by atoms with Crippen LogP contribution >= 0.6 is 15.9 Å². The van der Waals surface area contributed by atoms with Crippen LogP contribution in [0.4, 0.5) is 5.69 Å². The molecule has 0 spiro atoms. The summed E-state index contributed by atoms with van der Waals surface area (Å²) in [6, 6.07) is 13.5. The van der Waals surface area contributed by atoms with Gasteiger partial charge in [0.05, 0.1) is 0 Å². The fourth-order valence-corrected chi connectivity index (χ4v) is 3.16. The third kappa shape index (κ3) is 2.19. The second kappa shape index (κ2) is 4.69. The second-order valence-corrected chi connectivity index (χ2v) is 5.62. The van der Waals surface area contributed by atoms with Crippen LogP contribution in [0.5, 0.6) is 0 Å². The molecule has 0 unspecified atom stereocenters. The number of fused-ring (bicyclic) bond motifs is 1. The molecular formula is C15H16BrN. The predicted molar refractivity (Wildman–Crippen MR) is 77.5 cm³/mol. The lowest BCUT2D eigenvalue weighted by molar-refractivity contribution is 0.756. The van der Waals surface area contributed by atoms with Crippen molar-refractivity contribution in [3.8, 4) is 0 Å². The maximum absolute atomic E-state index is 3.69. The van der Waals surface area contributed by atoms with E-state index >= 15 is 0 Å². The molecule has 1 saturated carbocycles. The minimum absolute atomic E-state index is 0.666. The smallest absolute Gasteiger partial charge is 0.0422 e. The maximum Gasteiger partial charge on any atom is 0.0422 e. The molecule has 0 heterocycles. The number of anilines is 1. The normalized spacial score (nSPS) is 16.5. The Morgan fingerprint density at radius 3 is 2.41 bits per heavy atom. The minimum atomic E-state index is 0.666. The molecule has 0 amide bonds. The minimum Gasteiger partial charge on any atom is -0.382 e. The van der Waals surface area contributed by atoms with E-state index in [-0.39, 0.29) is 0 Å². The highest BCUT2D eigenvalue weighted by Crippen LogP contribution is 2.32. The average Bonchev–Trinajstić information content (AvgIpc) is 2.86. The van der Waals surface area contributed by atoms with E-state index in [1.165, 1.54) is 46.6 Å². The van der Waals surface area contributed by atoms with Crippen molar-refractivity contribution in [3.63, 3.8) is 0 Å². The number of hydrogen-bond donors (Lipinski definition) is 1. The summed E-state index contributed by atoms with van der Waals surface area (Å²) < 4.78 is 1.17. The topological polar surface area (TPSA) is 12.0 Å². The molecule has 0 atom stereocenters. The van der Waals surface area contributed by atoms with E-state index in [2.05, 4.69) is 57.6 Å². The molecule has 2 aromatic rings. The Balaban J connectivity index is 2.01. The van der Waals surface area contributed by atoms with Gasteiger partial charge < -0.3 is 5.32 Å². The highest BCUT2D eigenvalue weighted by Gasteiger charge is 2.15. The number of halogens is 1. The molecule has 2 aromatic carbocycles. The third-order valence-corrected chi connectivity index (χ3v) is 4.28. The lowest BCUT2D eigenvalue weighted by atomic mass is 10.1. The van der Waals surface area contributed by atoms with Crippen molar-refractivity contribution in [2.24, 2.45) is 0 Å². The number of benzene rings is 2. The van der Waals surface area contributed by atoms with Gasteiger partial charge >= 0.3 is 0 Å². The first-order valence-electron chi connectivity index (χ1n) is 6.28. The zero-order chi connectivity index (χ0) is 11.7. The van der Waals surface area contributed by atoms with Gasteiger partial charge in [-0.2, -0.15) is 0 Å². The highest BCUT2D eigenvalue weighted by atomic mass is 79.9.